The molecule has 1 fully saturated rings. The van der Waals surface area contributed by atoms with Gasteiger partial charge in [0.2, 0.25) is 11.8 Å². The number of thiophene rings is 1. The van der Waals surface area contributed by atoms with Crippen molar-refractivity contribution in [3.05, 3.63) is 56.4 Å². The van der Waals surface area contributed by atoms with Gasteiger partial charge >= 0.3 is 0 Å². The molecular formula is C26H31N5O3S. The van der Waals surface area contributed by atoms with Crippen molar-refractivity contribution in [3.8, 4) is 0 Å². The van der Waals surface area contributed by atoms with Crippen molar-refractivity contribution in [1.29, 1.82) is 0 Å². The van der Waals surface area contributed by atoms with Gasteiger partial charge in [-0.2, -0.15) is 0 Å². The van der Waals surface area contributed by atoms with Crippen LogP contribution >= 0.6 is 11.3 Å². The first kappa shape index (κ1) is 23.7. The second-order valence-corrected chi connectivity index (χ2v) is 10.6. The number of amides is 2. The number of nitrogens with zero attached hydrogens (tertiary/aromatic N) is 4. The second-order valence-electron chi connectivity index (χ2n) is 9.54. The molecule has 0 radical (unpaired) electrons. The standard InChI is InChI=1S/C26H31N5O3S/c1-17-6-5-7-18(2)24(17)28-21(32)14-29-10-12-30(13-11-29)22(33)15-31-16-27-25-23(26(31)34)19-8-3-4-9-20(19)35-25/h5-7,16H,3-4,8-15H2,1-2H3,(H,28,32). The first-order valence-electron chi connectivity index (χ1n) is 12.3. The smallest absolute Gasteiger partial charge is 0.262 e. The largest absolute Gasteiger partial charge is 0.339 e. The molecule has 1 aliphatic carbocycles. The fraction of sp³-hybridized carbons (Fsp3) is 0.462. The normalized spacial score (nSPS) is 16.3. The minimum absolute atomic E-state index is 0.000555. The third-order valence-electron chi connectivity index (χ3n) is 7.09. The molecule has 0 atom stereocenters. The minimum Gasteiger partial charge on any atom is -0.339 e. The predicted molar refractivity (Wildman–Crippen MR) is 138 cm³/mol. The number of nitrogens with one attached hydrogen (secondary N) is 1. The van der Waals surface area contributed by atoms with Crippen LogP contribution in [-0.2, 0) is 29.0 Å². The monoisotopic (exact) mass is 493 g/mol. The van der Waals surface area contributed by atoms with Crippen LogP contribution in [0.2, 0.25) is 0 Å². The van der Waals surface area contributed by atoms with E-state index in [1.165, 1.54) is 15.8 Å². The number of carbonyl (C=O) groups is 2. The Labute approximate surface area is 208 Å². The minimum atomic E-state index is -0.107. The molecule has 1 aromatic carbocycles. The van der Waals surface area contributed by atoms with Crippen molar-refractivity contribution in [2.75, 3.05) is 38.0 Å². The third-order valence-corrected chi connectivity index (χ3v) is 8.28. The Morgan fingerprint density at radius 2 is 1.74 bits per heavy atom. The van der Waals surface area contributed by atoms with Crippen LogP contribution in [0.15, 0.2) is 29.3 Å². The van der Waals surface area contributed by atoms with Gasteiger partial charge in [-0.05, 0) is 56.2 Å². The van der Waals surface area contributed by atoms with Gasteiger partial charge in [0.1, 0.15) is 11.4 Å². The van der Waals surface area contributed by atoms with Crippen molar-refractivity contribution in [2.45, 2.75) is 46.1 Å². The van der Waals surface area contributed by atoms with Gasteiger partial charge in [-0.25, -0.2) is 4.98 Å². The van der Waals surface area contributed by atoms with Crippen molar-refractivity contribution in [2.24, 2.45) is 0 Å². The SMILES string of the molecule is Cc1cccc(C)c1NC(=O)CN1CCN(C(=O)Cn2cnc3sc4c(c3c2=O)CCCC4)CC1. The number of anilines is 1. The fourth-order valence-electron chi connectivity index (χ4n) is 5.09. The number of para-hydroxylation sites is 1. The van der Waals surface area contributed by atoms with Crippen molar-refractivity contribution in [1.82, 2.24) is 19.4 Å². The van der Waals surface area contributed by atoms with Gasteiger partial charge in [0, 0.05) is 36.7 Å². The molecule has 0 unspecified atom stereocenters. The maximum atomic E-state index is 13.2. The molecule has 1 saturated heterocycles. The molecule has 1 aliphatic heterocycles. The summed E-state index contributed by atoms with van der Waals surface area (Å²) >= 11 is 1.62. The quantitative estimate of drug-likeness (QED) is 0.591. The molecule has 5 rings (SSSR count). The number of aryl methyl sites for hydroxylation is 4. The van der Waals surface area contributed by atoms with Gasteiger partial charge < -0.3 is 10.2 Å². The third kappa shape index (κ3) is 4.88. The van der Waals surface area contributed by atoms with Crippen molar-refractivity contribution < 1.29 is 9.59 Å². The van der Waals surface area contributed by atoms with Crippen molar-refractivity contribution >= 4 is 39.1 Å². The Balaban J connectivity index is 1.18. The average Bonchev–Trinajstić information content (AvgIpc) is 3.23. The molecule has 9 heteroatoms. The molecule has 35 heavy (non-hydrogen) atoms. The highest BCUT2D eigenvalue weighted by Crippen LogP contribution is 2.33. The van der Waals surface area contributed by atoms with E-state index in [2.05, 4.69) is 15.2 Å². The van der Waals surface area contributed by atoms with E-state index in [1.54, 1.807) is 16.2 Å². The lowest BCUT2D eigenvalue weighted by Crippen LogP contribution is -2.51. The summed E-state index contributed by atoms with van der Waals surface area (Å²) in [6.45, 7) is 6.57. The van der Waals surface area contributed by atoms with Gasteiger partial charge in [-0.3, -0.25) is 23.9 Å². The molecule has 2 aliphatic rings. The topological polar surface area (TPSA) is 87.5 Å². The average molecular weight is 494 g/mol. The zero-order valence-electron chi connectivity index (χ0n) is 20.3. The van der Waals surface area contributed by atoms with E-state index < -0.39 is 0 Å². The maximum absolute atomic E-state index is 13.2. The summed E-state index contributed by atoms with van der Waals surface area (Å²) in [6.07, 6.45) is 5.70. The van der Waals surface area contributed by atoms with E-state index in [4.69, 9.17) is 0 Å². The van der Waals surface area contributed by atoms with Crippen LogP contribution in [0.4, 0.5) is 5.69 Å². The summed E-state index contributed by atoms with van der Waals surface area (Å²) in [5.41, 5.74) is 3.99. The van der Waals surface area contributed by atoms with Gasteiger partial charge in [-0.15, -0.1) is 11.3 Å². The number of rotatable bonds is 5. The molecule has 2 amide bonds. The van der Waals surface area contributed by atoms with E-state index in [1.807, 2.05) is 32.0 Å². The van der Waals surface area contributed by atoms with Crippen LogP contribution in [-0.4, -0.2) is 63.9 Å². The molecule has 8 nitrogen and oxygen atoms in total. The van der Waals surface area contributed by atoms with Crippen LogP contribution in [0, 0.1) is 13.8 Å². The lowest BCUT2D eigenvalue weighted by molar-refractivity contribution is -0.133. The number of carbonyl (C=O) groups excluding carboxylic acids is 2. The Morgan fingerprint density at radius 1 is 1.03 bits per heavy atom. The predicted octanol–water partition coefficient (Wildman–Crippen LogP) is 2.74. The van der Waals surface area contributed by atoms with Gasteiger partial charge in [0.15, 0.2) is 0 Å². The van der Waals surface area contributed by atoms with Crippen molar-refractivity contribution in [3.63, 3.8) is 0 Å². The first-order chi connectivity index (χ1) is 16.9. The zero-order chi connectivity index (χ0) is 24.5. The molecule has 0 saturated carbocycles. The molecular weight excluding hydrogens is 462 g/mol. The molecule has 3 aromatic rings. The Hall–Kier alpha value is -3.04. The molecule has 184 valence electrons. The first-order valence-corrected chi connectivity index (χ1v) is 13.1. The number of aromatic nitrogens is 2. The fourth-order valence-corrected chi connectivity index (χ4v) is 6.31. The number of hydrogen-bond donors (Lipinski definition) is 1. The lowest BCUT2D eigenvalue weighted by Gasteiger charge is -2.34. The van der Waals surface area contributed by atoms with E-state index in [0.717, 1.165) is 52.9 Å². The van der Waals surface area contributed by atoms with E-state index in [9.17, 15) is 14.4 Å². The Morgan fingerprint density at radius 3 is 2.49 bits per heavy atom. The van der Waals surface area contributed by atoms with E-state index in [0.29, 0.717) is 38.1 Å². The summed E-state index contributed by atoms with van der Waals surface area (Å²) in [6, 6.07) is 5.95. The van der Waals surface area contributed by atoms with Gasteiger partial charge in [-0.1, -0.05) is 18.2 Å². The lowest BCUT2D eigenvalue weighted by atomic mass is 9.97. The summed E-state index contributed by atoms with van der Waals surface area (Å²) in [4.78, 5) is 49.1. The molecule has 0 spiro atoms. The van der Waals surface area contributed by atoms with Gasteiger partial charge in [0.05, 0.1) is 18.3 Å². The van der Waals surface area contributed by atoms with Gasteiger partial charge in [0.25, 0.3) is 5.56 Å². The highest BCUT2D eigenvalue weighted by Gasteiger charge is 2.25. The highest BCUT2D eigenvalue weighted by molar-refractivity contribution is 7.18. The van der Waals surface area contributed by atoms with Crippen LogP contribution in [0.3, 0.4) is 0 Å². The van der Waals surface area contributed by atoms with Crippen LogP contribution in [0.5, 0.6) is 0 Å². The highest BCUT2D eigenvalue weighted by atomic mass is 32.1. The van der Waals surface area contributed by atoms with E-state index >= 15 is 0 Å². The number of hydrogen-bond acceptors (Lipinski definition) is 6. The Bertz CT molecular complexity index is 1320. The zero-order valence-corrected chi connectivity index (χ0v) is 21.1. The summed E-state index contributed by atoms with van der Waals surface area (Å²) < 4.78 is 1.45. The van der Waals surface area contributed by atoms with E-state index in [-0.39, 0.29) is 23.9 Å². The summed E-state index contributed by atoms with van der Waals surface area (Å²) in [5.74, 6) is -0.135. The Kier molecular flexibility index (Phi) is 6.71. The molecule has 0 bridgehead atoms. The molecule has 1 N–H and O–H groups in total. The maximum Gasteiger partial charge on any atom is 0.262 e. The number of piperazine rings is 1. The number of fused-ring (bicyclic) bond motifs is 3. The number of benzene rings is 1. The summed E-state index contributed by atoms with van der Waals surface area (Å²) in [7, 11) is 0. The van der Waals surface area contributed by atoms with Crippen LogP contribution in [0.25, 0.3) is 10.2 Å². The summed E-state index contributed by atoms with van der Waals surface area (Å²) in [5, 5.41) is 3.74. The van der Waals surface area contributed by atoms with Crippen LogP contribution in [0.1, 0.15) is 34.4 Å². The second kappa shape index (κ2) is 9.91. The molecule has 3 heterocycles. The van der Waals surface area contributed by atoms with Crippen LogP contribution < -0.4 is 10.9 Å². The molecule has 2 aromatic heterocycles.